The Balaban J connectivity index is 2.97. The number of rotatable bonds is 3. The van der Waals surface area contributed by atoms with E-state index in [1.165, 1.54) is 19.2 Å². The average Bonchev–Trinajstić information content (AvgIpc) is 2.16. The average molecular weight is 228 g/mol. The highest BCUT2D eigenvalue weighted by atomic mass is 32.2. The minimum absolute atomic E-state index is 0.0121. The molecule has 0 saturated carbocycles. The van der Waals surface area contributed by atoms with Gasteiger partial charge in [0.2, 0.25) is 0 Å². The van der Waals surface area contributed by atoms with Crippen molar-refractivity contribution in [1.29, 1.82) is 0 Å². The summed E-state index contributed by atoms with van der Waals surface area (Å²) in [4.78, 5) is 11.3. The van der Waals surface area contributed by atoms with Crippen LogP contribution in [0.15, 0.2) is 18.2 Å². The maximum Gasteiger partial charge on any atom is 0.253 e. The fraction of sp³-hybridized carbons (Fsp3) is 0.222. The van der Waals surface area contributed by atoms with Crippen molar-refractivity contribution in [3.8, 4) is 0 Å². The molecular formula is C9H12N2O3S. The molecule has 0 fully saturated rings. The lowest BCUT2D eigenvalue weighted by molar-refractivity contribution is 0.0964. The van der Waals surface area contributed by atoms with Crippen LogP contribution in [0, 0.1) is 0 Å². The van der Waals surface area contributed by atoms with Gasteiger partial charge in [-0.25, -0.2) is 4.21 Å². The highest BCUT2D eigenvalue weighted by molar-refractivity contribution is 7.78. The Labute approximate surface area is 90.0 Å². The van der Waals surface area contributed by atoms with E-state index in [0.29, 0.717) is 16.8 Å². The summed E-state index contributed by atoms with van der Waals surface area (Å²) in [6.07, 6.45) is 0. The lowest BCUT2D eigenvalue weighted by Gasteiger charge is -2.05. The van der Waals surface area contributed by atoms with Crippen LogP contribution in [0.25, 0.3) is 0 Å². The number of nitrogens with one attached hydrogen (secondary N) is 1. The third-order valence-electron chi connectivity index (χ3n) is 1.88. The van der Waals surface area contributed by atoms with Crippen molar-refractivity contribution >= 4 is 22.7 Å². The predicted octanol–water partition coefficient (Wildman–Crippen LogP) is 0.350. The molecule has 5 nitrogen and oxygen atoms in total. The van der Waals surface area contributed by atoms with Crippen molar-refractivity contribution in [2.24, 2.45) is 0 Å². The Bertz CT molecular complexity index is 406. The fourth-order valence-corrected chi connectivity index (χ4v) is 1.65. The van der Waals surface area contributed by atoms with Gasteiger partial charge in [-0.05, 0) is 17.7 Å². The first-order chi connectivity index (χ1) is 7.04. The maximum absolute atomic E-state index is 11.3. The number of amides is 1. The van der Waals surface area contributed by atoms with Crippen molar-refractivity contribution in [1.82, 2.24) is 5.32 Å². The van der Waals surface area contributed by atoms with Gasteiger partial charge in [-0.2, -0.15) is 0 Å². The number of carbonyl (C=O) groups is 1. The predicted molar refractivity (Wildman–Crippen MR) is 58.7 cm³/mol. The standard InChI is InChI=1S/C9H12N2O3S/c1-11-9(12)7-3-2-6(4-8(7)10)5-15(13)14/h2-4H,5,10H2,1H3,(H,11,12)(H,13,14). The van der Waals surface area contributed by atoms with Gasteiger partial charge in [0.05, 0.1) is 11.3 Å². The number of hydrogen-bond donors (Lipinski definition) is 3. The maximum atomic E-state index is 11.3. The summed E-state index contributed by atoms with van der Waals surface area (Å²) < 4.78 is 19.2. The molecule has 1 rings (SSSR count). The molecule has 1 atom stereocenters. The molecule has 1 aromatic rings. The number of hydrogen-bond acceptors (Lipinski definition) is 3. The Hall–Kier alpha value is -1.40. The molecule has 0 aliphatic heterocycles. The van der Waals surface area contributed by atoms with Crippen LogP contribution >= 0.6 is 0 Å². The minimum atomic E-state index is -1.90. The Morgan fingerprint density at radius 1 is 1.60 bits per heavy atom. The van der Waals surface area contributed by atoms with Crippen LogP contribution in [0.4, 0.5) is 5.69 Å². The summed E-state index contributed by atoms with van der Waals surface area (Å²) in [6.45, 7) is 0. The van der Waals surface area contributed by atoms with Gasteiger partial charge < -0.3 is 15.6 Å². The van der Waals surface area contributed by atoms with E-state index in [-0.39, 0.29) is 11.7 Å². The van der Waals surface area contributed by atoms with E-state index in [2.05, 4.69) is 5.32 Å². The normalized spacial score (nSPS) is 12.1. The largest absolute Gasteiger partial charge is 0.398 e. The van der Waals surface area contributed by atoms with E-state index < -0.39 is 11.1 Å². The lowest BCUT2D eigenvalue weighted by Crippen LogP contribution is -2.19. The van der Waals surface area contributed by atoms with Crippen molar-refractivity contribution in [3.05, 3.63) is 29.3 Å². The van der Waals surface area contributed by atoms with E-state index in [1.807, 2.05) is 0 Å². The van der Waals surface area contributed by atoms with Crippen molar-refractivity contribution in [3.63, 3.8) is 0 Å². The van der Waals surface area contributed by atoms with Gasteiger partial charge in [0.25, 0.3) is 5.91 Å². The van der Waals surface area contributed by atoms with E-state index >= 15 is 0 Å². The summed E-state index contributed by atoms with van der Waals surface area (Å²) >= 11 is -1.90. The highest BCUT2D eigenvalue weighted by Gasteiger charge is 2.08. The molecule has 0 aromatic heterocycles. The number of anilines is 1. The van der Waals surface area contributed by atoms with Gasteiger partial charge in [0.1, 0.15) is 0 Å². The van der Waals surface area contributed by atoms with Crippen molar-refractivity contribution in [2.75, 3.05) is 12.8 Å². The van der Waals surface area contributed by atoms with Gasteiger partial charge in [-0.1, -0.05) is 6.07 Å². The topological polar surface area (TPSA) is 92.4 Å². The second-order valence-corrected chi connectivity index (χ2v) is 3.90. The van der Waals surface area contributed by atoms with Crippen LogP contribution in [-0.2, 0) is 16.8 Å². The summed E-state index contributed by atoms with van der Waals surface area (Å²) in [6, 6.07) is 4.67. The zero-order valence-corrected chi connectivity index (χ0v) is 9.00. The lowest BCUT2D eigenvalue weighted by atomic mass is 10.1. The summed E-state index contributed by atoms with van der Waals surface area (Å²) in [7, 11) is 1.51. The molecule has 0 aliphatic carbocycles. The summed E-state index contributed by atoms with van der Waals surface area (Å²) in [5.41, 5.74) is 6.93. The second-order valence-electron chi connectivity index (χ2n) is 2.97. The number of carbonyl (C=O) groups excluding carboxylic acids is 1. The van der Waals surface area contributed by atoms with Gasteiger partial charge in [-0.15, -0.1) is 0 Å². The SMILES string of the molecule is CNC(=O)c1ccc(CS(=O)O)cc1N. The Morgan fingerprint density at radius 2 is 2.27 bits per heavy atom. The first-order valence-electron chi connectivity index (χ1n) is 4.22. The quantitative estimate of drug-likeness (QED) is 0.514. The molecule has 82 valence electrons. The Kier molecular flexibility index (Phi) is 3.81. The van der Waals surface area contributed by atoms with E-state index in [0.717, 1.165) is 0 Å². The van der Waals surface area contributed by atoms with Crippen LogP contribution in [0.1, 0.15) is 15.9 Å². The monoisotopic (exact) mass is 228 g/mol. The molecular weight excluding hydrogens is 216 g/mol. The van der Waals surface area contributed by atoms with Crippen LogP contribution in [0.2, 0.25) is 0 Å². The minimum Gasteiger partial charge on any atom is -0.398 e. The molecule has 0 aliphatic rings. The smallest absolute Gasteiger partial charge is 0.253 e. The molecule has 4 N–H and O–H groups in total. The molecule has 0 spiro atoms. The second kappa shape index (κ2) is 4.90. The number of nitrogens with two attached hydrogens (primary N) is 1. The van der Waals surface area contributed by atoms with Crippen molar-refractivity contribution < 1.29 is 13.6 Å². The van der Waals surface area contributed by atoms with Gasteiger partial charge in [-0.3, -0.25) is 4.79 Å². The van der Waals surface area contributed by atoms with E-state index in [9.17, 15) is 9.00 Å². The molecule has 0 bridgehead atoms. The molecule has 1 amide bonds. The van der Waals surface area contributed by atoms with Crippen LogP contribution in [0.3, 0.4) is 0 Å². The van der Waals surface area contributed by atoms with Gasteiger partial charge in [0, 0.05) is 12.7 Å². The molecule has 0 radical (unpaired) electrons. The van der Waals surface area contributed by atoms with Crippen LogP contribution in [0.5, 0.6) is 0 Å². The van der Waals surface area contributed by atoms with E-state index in [1.54, 1.807) is 6.07 Å². The number of nitrogen functional groups attached to an aromatic ring is 1. The van der Waals surface area contributed by atoms with Gasteiger partial charge in [0.15, 0.2) is 11.1 Å². The van der Waals surface area contributed by atoms with E-state index in [4.69, 9.17) is 10.3 Å². The summed E-state index contributed by atoms with van der Waals surface area (Å²) in [5, 5.41) is 2.45. The summed E-state index contributed by atoms with van der Waals surface area (Å²) in [5.74, 6) is -0.262. The highest BCUT2D eigenvalue weighted by Crippen LogP contribution is 2.15. The third kappa shape index (κ3) is 3.03. The third-order valence-corrected chi connectivity index (χ3v) is 2.46. The zero-order chi connectivity index (χ0) is 11.4. The fourth-order valence-electron chi connectivity index (χ4n) is 1.19. The van der Waals surface area contributed by atoms with Gasteiger partial charge >= 0.3 is 0 Å². The number of benzene rings is 1. The molecule has 15 heavy (non-hydrogen) atoms. The first-order valence-corrected chi connectivity index (χ1v) is 5.50. The molecule has 1 aromatic carbocycles. The van der Waals surface area contributed by atoms with Crippen LogP contribution in [-0.4, -0.2) is 21.7 Å². The molecule has 0 saturated heterocycles. The molecule has 0 heterocycles. The first kappa shape index (κ1) is 11.7. The Morgan fingerprint density at radius 3 is 2.73 bits per heavy atom. The van der Waals surface area contributed by atoms with Crippen LogP contribution < -0.4 is 11.1 Å². The van der Waals surface area contributed by atoms with Crippen molar-refractivity contribution in [2.45, 2.75) is 5.75 Å². The zero-order valence-electron chi connectivity index (χ0n) is 8.19. The molecule has 6 heteroatoms. The molecule has 1 unspecified atom stereocenters.